The van der Waals surface area contributed by atoms with E-state index in [1.807, 2.05) is 0 Å². The van der Waals surface area contributed by atoms with Crippen molar-refractivity contribution in [2.24, 2.45) is 0 Å². The fraction of sp³-hybridized carbons (Fsp3) is 0.188. The maximum atomic E-state index is 12.6. The minimum atomic E-state index is -4.45. The molecule has 2 aromatic rings. The smallest absolute Gasteiger partial charge is 0.416 e. The van der Waals surface area contributed by atoms with E-state index in [2.05, 4.69) is 5.32 Å². The van der Waals surface area contributed by atoms with Crippen molar-refractivity contribution in [2.45, 2.75) is 12.6 Å². The van der Waals surface area contributed by atoms with Crippen molar-refractivity contribution < 1.29 is 22.7 Å². The molecule has 0 aliphatic carbocycles. The van der Waals surface area contributed by atoms with Gasteiger partial charge in [0.15, 0.2) is 0 Å². The van der Waals surface area contributed by atoms with Gasteiger partial charge in [0.1, 0.15) is 5.75 Å². The van der Waals surface area contributed by atoms with Gasteiger partial charge in [-0.25, -0.2) is 0 Å². The summed E-state index contributed by atoms with van der Waals surface area (Å²) in [6.07, 6.45) is -4.46. The molecule has 0 aliphatic rings. The minimum Gasteiger partial charge on any atom is -0.491 e. The molecule has 0 atom stereocenters. The molecule has 0 fully saturated rings. The van der Waals surface area contributed by atoms with E-state index in [1.165, 1.54) is 12.1 Å². The second-order valence-corrected chi connectivity index (χ2v) is 5.06. The number of anilines is 1. The molecule has 0 aromatic heterocycles. The van der Waals surface area contributed by atoms with Crippen molar-refractivity contribution >= 4 is 23.2 Å². The van der Waals surface area contributed by atoms with Gasteiger partial charge in [0.2, 0.25) is 5.91 Å². The Labute approximate surface area is 136 Å². The maximum absolute atomic E-state index is 12.6. The van der Waals surface area contributed by atoms with E-state index in [1.54, 1.807) is 24.3 Å². The summed E-state index contributed by atoms with van der Waals surface area (Å²) >= 11 is 5.90. The Morgan fingerprint density at radius 3 is 2.57 bits per heavy atom. The van der Waals surface area contributed by atoms with Crippen LogP contribution in [0.25, 0.3) is 0 Å². The van der Waals surface area contributed by atoms with E-state index in [4.69, 9.17) is 16.3 Å². The highest BCUT2D eigenvalue weighted by atomic mass is 35.5. The summed E-state index contributed by atoms with van der Waals surface area (Å²) in [6.45, 7) is 0.0640. The quantitative estimate of drug-likeness (QED) is 0.849. The summed E-state index contributed by atoms with van der Waals surface area (Å²) in [7, 11) is 0. The Hall–Kier alpha value is -2.21. The molecule has 0 unspecified atom stereocenters. The first-order chi connectivity index (χ1) is 10.9. The lowest BCUT2D eigenvalue weighted by atomic mass is 10.2. The van der Waals surface area contributed by atoms with E-state index in [9.17, 15) is 18.0 Å². The first kappa shape index (κ1) is 17.1. The lowest BCUT2D eigenvalue weighted by Crippen LogP contribution is -2.16. The number of nitrogens with one attached hydrogen (secondary N) is 1. The molecular formula is C16H13ClF3NO2. The van der Waals surface area contributed by atoms with Gasteiger partial charge in [-0.1, -0.05) is 29.8 Å². The van der Waals surface area contributed by atoms with Gasteiger partial charge >= 0.3 is 6.18 Å². The lowest BCUT2D eigenvalue weighted by molar-refractivity contribution is -0.137. The molecule has 2 aromatic carbocycles. The summed E-state index contributed by atoms with van der Waals surface area (Å²) < 4.78 is 43.1. The van der Waals surface area contributed by atoms with E-state index >= 15 is 0 Å². The highest BCUT2D eigenvalue weighted by Gasteiger charge is 2.30. The maximum Gasteiger partial charge on any atom is 0.416 e. The average molecular weight is 344 g/mol. The molecule has 122 valence electrons. The fourth-order valence-corrected chi connectivity index (χ4v) is 2.00. The van der Waals surface area contributed by atoms with Crippen LogP contribution in [0.1, 0.15) is 12.0 Å². The molecule has 0 spiro atoms. The molecular weight excluding hydrogens is 331 g/mol. The molecule has 0 saturated carbocycles. The number of hydrogen-bond donors (Lipinski definition) is 1. The van der Waals surface area contributed by atoms with Crippen LogP contribution in [0.4, 0.5) is 18.9 Å². The van der Waals surface area contributed by atoms with Crippen LogP contribution < -0.4 is 10.1 Å². The number of halogens is 4. The summed E-state index contributed by atoms with van der Waals surface area (Å²) in [5, 5.41) is 2.83. The van der Waals surface area contributed by atoms with Gasteiger partial charge in [0.05, 0.1) is 23.6 Å². The molecule has 7 heteroatoms. The predicted octanol–water partition coefficient (Wildman–Crippen LogP) is 4.77. The van der Waals surface area contributed by atoms with E-state index < -0.39 is 17.6 Å². The highest BCUT2D eigenvalue weighted by Crippen LogP contribution is 2.30. The number of benzene rings is 2. The van der Waals surface area contributed by atoms with Crippen molar-refractivity contribution in [1.29, 1.82) is 0 Å². The predicted molar refractivity (Wildman–Crippen MR) is 81.6 cm³/mol. The third-order valence-electron chi connectivity index (χ3n) is 2.90. The second kappa shape index (κ2) is 7.37. The Morgan fingerprint density at radius 2 is 1.87 bits per heavy atom. The average Bonchev–Trinajstić information content (AvgIpc) is 2.48. The molecule has 1 amide bonds. The largest absolute Gasteiger partial charge is 0.491 e. The molecule has 0 saturated heterocycles. The third kappa shape index (κ3) is 5.17. The molecule has 2 rings (SSSR count). The summed E-state index contributed by atoms with van der Waals surface area (Å²) in [4.78, 5) is 11.7. The van der Waals surface area contributed by atoms with Crippen molar-refractivity contribution in [2.75, 3.05) is 11.9 Å². The van der Waals surface area contributed by atoms with Crippen molar-refractivity contribution in [1.82, 2.24) is 0 Å². The SMILES string of the molecule is O=C(CCOc1ccccc1Cl)Nc1cccc(C(F)(F)F)c1. The molecule has 0 radical (unpaired) electrons. The molecule has 0 aliphatic heterocycles. The molecule has 0 heterocycles. The van der Waals surface area contributed by atoms with Crippen molar-refractivity contribution in [3.8, 4) is 5.75 Å². The number of hydrogen-bond acceptors (Lipinski definition) is 2. The summed E-state index contributed by atoms with van der Waals surface area (Å²) in [5.74, 6) is -0.00239. The van der Waals surface area contributed by atoms with E-state index in [0.717, 1.165) is 12.1 Å². The van der Waals surface area contributed by atoms with Crippen LogP contribution >= 0.6 is 11.6 Å². The number of rotatable bonds is 5. The fourth-order valence-electron chi connectivity index (χ4n) is 1.81. The Kier molecular flexibility index (Phi) is 5.50. The number of ether oxygens (including phenoxy) is 1. The second-order valence-electron chi connectivity index (χ2n) is 4.66. The lowest BCUT2D eigenvalue weighted by Gasteiger charge is -2.10. The number of carbonyl (C=O) groups is 1. The monoisotopic (exact) mass is 343 g/mol. The minimum absolute atomic E-state index is 0.0124. The van der Waals surface area contributed by atoms with Crippen LogP contribution in [0.2, 0.25) is 5.02 Å². The zero-order chi connectivity index (χ0) is 16.9. The van der Waals surface area contributed by atoms with Crippen molar-refractivity contribution in [3.05, 3.63) is 59.1 Å². The number of carbonyl (C=O) groups excluding carboxylic acids is 1. The third-order valence-corrected chi connectivity index (χ3v) is 3.21. The van der Waals surface area contributed by atoms with Gasteiger partial charge < -0.3 is 10.1 Å². The first-order valence-corrected chi connectivity index (χ1v) is 7.08. The number of alkyl halides is 3. The van der Waals surface area contributed by atoms with Gasteiger partial charge in [0.25, 0.3) is 0 Å². The van der Waals surface area contributed by atoms with Gasteiger partial charge in [-0.15, -0.1) is 0 Å². The van der Waals surface area contributed by atoms with E-state index in [0.29, 0.717) is 10.8 Å². The number of amides is 1. The highest BCUT2D eigenvalue weighted by molar-refractivity contribution is 6.32. The Balaban J connectivity index is 1.87. The van der Waals surface area contributed by atoms with Crippen molar-refractivity contribution in [3.63, 3.8) is 0 Å². The summed E-state index contributed by atoms with van der Waals surface area (Å²) in [6, 6.07) is 11.2. The zero-order valence-corrected chi connectivity index (χ0v) is 12.6. The normalized spacial score (nSPS) is 11.1. The van der Waals surface area contributed by atoms with Crippen LogP contribution in [0.15, 0.2) is 48.5 Å². The molecule has 0 bridgehead atoms. The van der Waals surface area contributed by atoms with Gasteiger partial charge in [0, 0.05) is 5.69 Å². The van der Waals surface area contributed by atoms with Gasteiger partial charge in [-0.3, -0.25) is 4.79 Å². The first-order valence-electron chi connectivity index (χ1n) is 6.71. The Morgan fingerprint density at radius 1 is 1.13 bits per heavy atom. The Bertz CT molecular complexity index is 689. The topological polar surface area (TPSA) is 38.3 Å². The van der Waals surface area contributed by atoms with Crippen LogP contribution in [-0.2, 0) is 11.0 Å². The standard InChI is InChI=1S/C16H13ClF3NO2/c17-13-6-1-2-7-14(13)23-9-8-15(22)21-12-5-3-4-11(10-12)16(18,19)20/h1-7,10H,8-9H2,(H,21,22). The molecule has 3 nitrogen and oxygen atoms in total. The van der Waals surface area contributed by atoms with Crippen LogP contribution in [0, 0.1) is 0 Å². The zero-order valence-electron chi connectivity index (χ0n) is 11.9. The van der Waals surface area contributed by atoms with Crippen LogP contribution in [0.5, 0.6) is 5.75 Å². The van der Waals surface area contributed by atoms with E-state index in [-0.39, 0.29) is 18.7 Å². The summed E-state index contributed by atoms with van der Waals surface area (Å²) in [5.41, 5.74) is -0.731. The van der Waals surface area contributed by atoms with Crippen LogP contribution in [-0.4, -0.2) is 12.5 Å². The molecule has 23 heavy (non-hydrogen) atoms. The number of para-hydroxylation sites is 1. The van der Waals surface area contributed by atoms with Gasteiger partial charge in [-0.2, -0.15) is 13.2 Å². The molecule has 1 N–H and O–H groups in total. The van der Waals surface area contributed by atoms with Crippen LogP contribution in [0.3, 0.4) is 0 Å². The van der Waals surface area contributed by atoms with Gasteiger partial charge in [-0.05, 0) is 30.3 Å².